The monoisotopic (exact) mass is 420 g/mol. The minimum absolute atomic E-state index is 0.101. The van der Waals surface area contributed by atoms with E-state index in [0.29, 0.717) is 11.4 Å². The van der Waals surface area contributed by atoms with E-state index in [0.717, 1.165) is 38.1 Å². The fourth-order valence-electron chi connectivity index (χ4n) is 3.39. The summed E-state index contributed by atoms with van der Waals surface area (Å²) in [5.74, 6) is -0.886. The molecule has 0 atom stereocenters. The van der Waals surface area contributed by atoms with Gasteiger partial charge in [-0.15, -0.1) is 0 Å². The Bertz CT molecular complexity index is 967. The molecule has 0 bridgehead atoms. The van der Waals surface area contributed by atoms with Gasteiger partial charge in [0, 0.05) is 27.2 Å². The summed E-state index contributed by atoms with van der Waals surface area (Å²) in [5.41, 5.74) is 0.516. The molecular weight excluding hydrogens is 397 g/mol. The van der Waals surface area contributed by atoms with Crippen LogP contribution in [0.3, 0.4) is 0 Å². The molecule has 1 saturated heterocycles. The molecule has 1 aliphatic rings. The Morgan fingerprint density at radius 2 is 1.77 bits per heavy atom. The van der Waals surface area contributed by atoms with Crippen molar-refractivity contribution in [1.82, 2.24) is 9.88 Å². The lowest BCUT2D eigenvalue weighted by atomic mass is 10.1. The van der Waals surface area contributed by atoms with Crippen LogP contribution in [0, 0.1) is 6.92 Å². The molecule has 9 heteroatoms. The van der Waals surface area contributed by atoms with Crippen molar-refractivity contribution >= 4 is 23.2 Å². The Labute approximate surface area is 172 Å². The van der Waals surface area contributed by atoms with Crippen molar-refractivity contribution < 1.29 is 22.8 Å². The number of hydrogen-bond acceptors (Lipinski definition) is 4. The summed E-state index contributed by atoms with van der Waals surface area (Å²) in [6, 6.07) is 6.26. The van der Waals surface area contributed by atoms with E-state index >= 15 is 0 Å². The summed E-state index contributed by atoms with van der Waals surface area (Å²) in [4.78, 5) is 32.4. The van der Waals surface area contributed by atoms with Gasteiger partial charge in [-0.25, -0.2) is 4.98 Å². The smallest absolute Gasteiger partial charge is 0.370 e. The number of benzene rings is 1. The average Bonchev–Trinajstić information content (AvgIpc) is 3.20. The third kappa shape index (κ3) is 4.55. The molecule has 1 fully saturated rings. The van der Waals surface area contributed by atoms with Gasteiger partial charge in [0.2, 0.25) is 0 Å². The third-order valence-corrected chi connectivity index (χ3v) is 4.97. The highest BCUT2D eigenvalue weighted by molar-refractivity contribution is 6.07. The molecule has 160 valence electrons. The third-order valence-electron chi connectivity index (χ3n) is 4.97. The van der Waals surface area contributed by atoms with Crippen LogP contribution in [0.1, 0.15) is 44.9 Å². The molecule has 3 rings (SSSR count). The summed E-state index contributed by atoms with van der Waals surface area (Å²) >= 11 is 0. The molecule has 30 heavy (non-hydrogen) atoms. The summed E-state index contributed by atoms with van der Waals surface area (Å²) in [5, 5.41) is 2.61. The number of carbonyl (C=O) groups is 2. The number of hydrogen-bond donors (Lipinski definition) is 1. The molecule has 1 aliphatic heterocycles. The number of amides is 2. The number of carbonyl (C=O) groups excluding carboxylic acids is 2. The Hall–Kier alpha value is -3.10. The van der Waals surface area contributed by atoms with Crippen molar-refractivity contribution in [2.45, 2.75) is 25.9 Å². The van der Waals surface area contributed by atoms with Crippen LogP contribution < -0.4 is 10.2 Å². The van der Waals surface area contributed by atoms with E-state index < -0.39 is 17.6 Å². The first-order valence-electron chi connectivity index (χ1n) is 9.55. The second kappa shape index (κ2) is 8.33. The number of nitrogens with zero attached hydrogens (tertiary/aromatic N) is 3. The molecule has 1 aromatic carbocycles. The van der Waals surface area contributed by atoms with E-state index in [2.05, 4.69) is 10.3 Å². The van der Waals surface area contributed by atoms with Crippen molar-refractivity contribution in [3.8, 4) is 0 Å². The molecule has 1 aromatic heterocycles. The van der Waals surface area contributed by atoms with E-state index in [1.807, 2.05) is 4.90 Å². The Morgan fingerprint density at radius 3 is 2.33 bits per heavy atom. The molecule has 0 aliphatic carbocycles. The van der Waals surface area contributed by atoms with Crippen LogP contribution in [0.2, 0.25) is 0 Å². The molecule has 6 nitrogen and oxygen atoms in total. The van der Waals surface area contributed by atoms with E-state index in [1.54, 1.807) is 21.0 Å². The van der Waals surface area contributed by atoms with Gasteiger partial charge in [0.1, 0.15) is 5.69 Å². The minimum Gasteiger partial charge on any atom is -0.370 e. The normalized spacial score (nSPS) is 14.0. The maximum Gasteiger partial charge on any atom is 0.416 e. The number of alkyl halides is 3. The highest BCUT2D eigenvalue weighted by atomic mass is 19.4. The second-order valence-electron chi connectivity index (χ2n) is 7.41. The van der Waals surface area contributed by atoms with Crippen molar-refractivity contribution in [3.05, 3.63) is 52.8 Å². The van der Waals surface area contributed by atoms with E-state index in [-0.39, 0.29) is 22.9 Å². The SMILES string of the molecule is Cc1nc(C(=O)N(C)C)ccc1C(=O)Nc1cc(C(F)(F)F)ccc1N1CCCC1. The fraction of sp³-hybridized carbons (Fsp3) is 0.381. The molecular formula is C21H23F3N4O2. The molecule has 2 amide bonds. The van der Waals surface area contributed by atoms with Crippen molar-refractivity contribution in [3.63, 3.8) is 0 Å². The number of aromatic nitrogens is 1. The number of nitrogens with one attached hydrogen (secondary N) is 1. The zero-order chi connectivity index (χ0) is 22.1. The first kappa shape index (κ1) is 21.6. The Kier molecular flexibility index (Phi) is 6.00. The minimum atomic E-state index is -4.52. The molecule has 0 unspecified atom stereocenters. The van der Waals surface area contributed by atoms with Crippen LogP contribution in [0.25, 0.3) is 0 Å². The van der Waals surface area contributed by atoms with E-state index in [4.69, 9.17) is 0 Å². The van der Waals surface area contributed by atoms with Gasteiger partial charge in [0.25, 0.3) is 11.8 Å². The van der Waals surface area contributed by atoms with Crippen molar-refractivity contribution in [2.24, 2.45) is 0 Å². The highest BCUT2D eigenvalue weighted by Gasteiger charge is 2.32. The fourth-order valence-corrected chi connectivity index (χ4v) is 3.39. The van der Waals surface area contributed by atoms with Gasteiger partial charge in [-0.3, -0.25) is 9.59 Å². The van der Waals surface area contributed by atoms with Crippen LogP contribution in [0.4, 0.5) is 24.5 Å². The standard InChI is InChI=1S/C21H23F3N4O2/c1-13-15(7-8-16(25-13)20(30)27(2)3)19(29)26-17-12-14(21(22,23)24)6-9-18(17)28-10-4-5-11-28/h6-9,12H,4-5,10-11H2,1-3H3,(H,26,29). The lowest BCUT2D eigenvalue weighted by molar-refractivity contribution is -0.137. The molecule has 0 radical (unpaired) electrons. The van der Waals surface area contributed by atoms with E-state index in [1.165, 1.54) is 23.1 Å². The van der Waals surface area contributed by atoms with Crippen LogP contribution >= 0.6 is 0 Å². The summed E-state index contributed by atoms with van der Waals surface area (Å²) in [6.07, 6.45) is -2.63. The quantitative estimate of drug-likeness (QED) is 0.813. The number of halogens is 3. The van der Waals surface area contributed by atoms with Crippen molar-refractivity contribution in [2.75, 3.05) is 37.4 Å². The number of pyridine rings is 1. The van der Waals surface area contributed by atoms with Crippen LogP contribution in [0.15, 0.2) is 30.3 Å². The van der Waals surface area contributed by atoms with Gasteiger partial charge >= 0.3 is 6.18 Å². The number of aryl methyl sites for hydroxylation is 1. The molecule has 0 spiro atoms. The maximum absolute atomic E-state index is 13.2. The summed E-state index contributed by atoms with van der Waals surface area (Å²) in [7, 11) is 3.18. The number of rotatable bonds is 4. The van der Waals surface area contributed by atoms with Crippen LogP contribution in [0.5, 0.6) is 0 Å². The van der Waals surface area contributed by atoms with Gasteiger partial charge in [0.05, 0.1) is 28.2 Å². The summed E-state index contributed by atoms with van der Waals surface area (Å²) < 4.78 is 39.6. The first-order valence-corrected chi connectivity index (χ1v) is 9.55. The largest absolute Gasteiger partial charge is 0.416 e. The topological polar surface area (TPSA) is 65.5 Å². The lowest BCUT2D eigenvalue weighted by Gasteiger charge is -2.23. The highest BCUT2D eigenvalue weighted by Crippen LogP contribution is 2.36. The maximum atomic E-state index is 13.2. The van der Waals surface area contributed by atoms with Crippen molar-refractivity contribution in [1.29, 1.82) is 0 Å². The lowest BCUT2D eigenvalue weighted by Crippen LogP contribution is -2.24. The molecule has 2 aromatic rings. The van der Waals surface area contributed by atoms with Crippen LogP contribution in [-0.2, 0) is 6.18 Å². The van der Waals surface area contributed by atoms with Gasteiger partial charge in [-0.1, -0.05) is 0 Å². The first-order chi connectivity index (χ1) is 14.1. The van der Waals surface area contributed by atoms with E-state index in [9.17, 15) is 22.8 Å². The van der Waals surface area contributed by atoms with Crippen LogP contribution in [-0.4, -0.2) is 48.9 Å². The van der Waals surface area contributed by atoms with Gasteiger partial charge in [0.15, 0.2) is 0 Å². The Balaban J connectivity index is 1.92. The average molecular weight is 420 g/mol. The second-order valence-corrected chi connectivity index (χ2v) is 7.41. The zero-order valence-electron chi connectivity index (χ0n) is 17.0. The Morgan fingerprint density at radius 1 is 1.10 bits per heavy atom. The van der Waals surface area contributed by atoms with Gasteiger partial charge in [-0.05, 0) is 50.1 Å². The number of anilines is 2. The molecule has 0 saturated carbocycles. The molecule has 2 heterocycles. The predicted octanol–water partition coefficient (Wildman–Crippen LogP) is 3.96. The summed E-state index contributed by atoms with van der Waals surface area (Å²) in [6.45, 7) is 3.02. The van der Waals surface area contributed by atoms with Gasteiger partial charge in [-0.2, -0.15) is 13.2 Å². The predicted molar refractivity (Wildman–Crippen MR) is 108 cm³/mol. The zero-order valence-corrected chi connectivity index (χ0v) is 17.0. The molecule has 1 N–H and O–H groups in total. The van der Waals surface area contributed by atoms with Gasteiger partial charge < -0.3 is 15.1 Å².